The minimum Gasteiger partial charge on any atom is -0.372 e. The molecule has 0 heterocycles. The van der Waals surface area contributed by atoms with E-state index in [9.17, 15) is 10.1 Å². The number of carbonyl (C=O) groups is 1. The Morgan fingerprint density at radius 1 is 1.61 bits per heavy atom. The zero-order valence-corrected chi connectivity index (χ0v) is 11.5. The summed E-state index contributed by atoms with van der Waals surface area (Å²) >= 11 is 0. The molecule has 0 saturated heterocycles. The molecule has 1 aliphatic rings. The maximum atomic E-state index is 11.8. The van der Waals surface area contributed by atoms with Crippen molar-refractivity contribution < 1.29 is 9.53 Å². The number of nitrogens with one attached hydrogen (secondary N) is 1. The average Bonchev–Trinajstić information content (AvgIpc) is 2.34. The lowest BCUT2D eigenvalue weighted by Crippen LogP contribution is -2.51. The van der Waals surface area contributed by atoms with Crippen molar-refractivity contribution in [3.8, 4) is 6.07 Å². The Kier molecular flexibility index (Phi) is 6.14. The first-order valence-corrected chi connectivity index (χ1v) is 6.92. The van der Waals surface area contributed by atoms with E-state index < -0.39 is 5.54 Å². The predicted molar refractivity (Wildman–Crippen MR) is 69.8 cm³/mol. The van der Waals surface area contributed by atoms with Crippen LogP contribution in [0.5, 0.6) is 0 Å². The Bertz CT molecular complexity index is 311. The van der Waals surface area contributed by atoms with Gasteiger partial charge in [0.15, 0.2) is 0 Å². The number of unbranched alkanes of at least 4 members (excludes halogenated alkanes) is 1. The van der Waals surface area contributed by atoms with Crippen LogP contribution in [0.3, 0.4) is 0 Å². The molecule has 0 unspecified atom stereocenters. The van der Waals surface area contributed by atoms with E-state index in [1.165, 1.54) is 0 Å². The predicted octanol–water partition coefficient (Wildman–Crippen LogP) is 2.39. The van der Waals surface area contributed by atoms with Crippen LogP contribution < -0.4 is 5.32 Å². The Hall–Kier alpha value is -1.08. The molecule has 1 fully saturated rings. The van der Waals surface area contributed by atoms with Crippen molar-refractivity contribution in [2.75, 3.05) is 13.2 Å². The van der Waals surface area contributed by atoms with E-state index in [4.69, 9.17) is 4.74 Å². The molecule has 1 aliphatic carbocycles. The summed E-state index contributed by atoms with van der Waals surface area (Å²) in [7, 11) is 0. The molecule has 0 radical (unpaired) electrons. The van der Waals surface area contributed by atoms with Gasteiger partial charge in [-0.15, -0.1) is 0 Å². The number of nitrogens with zero attached hydrogens (tertiary/aromatic N) is 1. The highest BCUT2D eigenvalue weighted by Crippen LogP contribution is 2.31. The number of hydrogen-bond donors (Lipinski definition) is 1. The summed E-state index contributed by atoms with van der Waals surface area (Å²) in [4.78, 5) is 11.8. The highest BCUT2D eigenvalue weighted by molar-refractivity contribution is 5.78. The van der Waals surface area contributed by atoms with Gasteiger partial charge in [0.1, 0.15) is 12.1 Å². The van der Waals surface area contributed by atoms with Crippen molar-refractivity contribution >= 4 is 5.91 Å². The van der Waals surface area contributed by atoms with Crippen molar-refractivity contribution in [1.29, 1.82) is 5.26 Å². The molecule has 4 heteroatoms. The fourth-order valence-electron chi connectivity index (χ4n) is 2.51. The number of rotatable bonds is 6. The van der Waals surface area contributed by atoms with Gasteiger partial charge in [-0.2, -0.15) is 5.26 Å². The molecular formula is C14H24N2O2. The summed E-state index contributed by atoms with van der Waals surface area (Å²) in [6.07, 6.45) is 5.69. The smallest absolute Gasteiger partial charge is 0.247 e. The minimum atomic E-state index is -0.664. The van der Waals surface area contributed by atoms with Gasteiger partial charge >= 0.3 is 0 Å². The third-order valence-corrected chi connectivity index (χ3v) is 3.47. The topological polar surface area (TPSA) is 62.1 Å². The van der Waals surface area contributed by atoms with Crippen LogP contribution in [-0.2, 0) is 9.53 Å². The van der Waals surface area contributed by atoms with Gasteiger partial charge in [-0.3, -0.25) is 4.79 Å². The average molecular weight is 252 g/mol. The lowest BCUT2D eigenvalue weighted by Gasteiger charge is -2.34. The van der Waals surface area contributed by atoms with Gasteiger partial charge in [-0.1, -0.05) is 26.7 Å². The zero-order chi connectivity index (χ0) is 13.4. The second-order valence-corrected chi connectivity index (χ2v) is 5.35. The molecule has 0 spiro atoms. The molecule has 18 heavy (non-hydrogen) atoms. The van der Waals surface area contributed by atoms with E-state index in [2.05, 4.69) is 25.2 Å². The molecule has 1 rings (SSSR count). The molecule has 102 valence electrons. The maximum Gasteiger partial charge on any atom is 0.247 e. The van der Waals surface area contributed by atoms with E-state index in [0.29, 0.717) is 12.5 Å². The molecule has 0 aliphatic heterocycles. The minimum absolute atomic E-state index is 0.0673. The number of nitriles is 1. The first-order valence-electron chi connectivity index (χ1n) is 6.92. The molecule has 0 bridgehead atoms. The zero-order valence-electron chi connectivity index (χ0n) is 11.5. The van der Waals surface area contributed by atoms with Gasteiger partial charge in [0.2, 0.25) is 5.91 Å². The second kappa shape index (κ2) is 7.38. The van der Waals surface area contributed by atoms with Gasteiger partial charge in [0.25, 0.3) is 0 Å². The fraction of sp³-hybridized carbons (Fsp3) is 0.857. The quantitative estimate of drug-likeness (QED) is 0.738. The molecule has 0 aromatic carbocycles. The third kappa shape index (κ3) is 4.66. The molecule has 2 atom stereocenters. The summed E-state index contributed by atoms with van der Waals surface area (Å²) in [5, 5.41) is 12.2. The lowest BCUT2D eigenvalue weighted by molar-refractivity contribution is -0.127. The highest BCUT2D eigenvalue weighted by atomic mass is 16.5. The fourth-order valence-corrected chi connectivity index (χ4v) is 2.51. The maximum absolute atomic E-state index is 11.8. The number of carbonyl (C=O) groups excluding carboxylic acids is 1. The van der Waals surface area contributed by atoms with Crippen LogP contribution in [0.4, 0.5) is 0 Å². The number of hydrogen-bond acceptors (Lipinski definition) is 3. The lowest BCUT2D eigenvalue weighted by atomic mass is 9.77. The van der Waals surface area contributed by atoms with Gasteiger partial charge in [-0.25, -0.2) is 0 Å². The molecule has 1 amide bonds. The molecule has 1 saturated carbocycles. The van der Waals surface area contributed by atoms with Crippen LogP contribution in [0.25, 0.3) is 0 Å². The van der Waals surface area contributed by atoms with Crippen LogP contribution in [0, 0.1) is 17.2 Å². The molecule has 1 N–H and O–H groups in total. The van der Waals surface area contributed by atoms with Crippen LogP contribution in [0.1, 0.15) is 52.4 Å². The molecular weight excluding hydrogens is 228 g/mol. The van der Waals surface area contributed by atoms with E-state index in [0.717, 1.165) is 38.5 Å². The Balaban J connectivity index is 2.38. The van der Waals surface area contributed by atoms with Gasteiger partial charge in [0.05, 0.1) is 6.07 Å². The number of amides is 1. The first-order chi connectivity index (χ1) is 8.62. The third-order valence-electron chi connectivity index (χ3n) is 3.47. The van der Waals surface area contributed by atoms with E-state index >= 15 is 0 Å². The standard InChI is InChI=1S/C14H24N2O2/c1-3-4-8-18-10-13(17)16-14(11-15)7-5-6-12(2)9-14/h12H,3-10H2,1-2H3,(H,16,17)/t12-,14-/m0/s1. The van der Waals surface area contributed by atoms with E-state index in [-0.39, 0.29) is 12.5 Å². The summed E-state index contributed by atoms with van der Waals surface area (Å²) < 4.78 is 5.27. The van der Waals surface area contributed by atoms with Gasteiger partial charge < -0.3 is 10.1 Å². The number of ether oxygens (including phenoxy) is 1. The molecule has 0 aromatic heterocycles. The van der Waals surface area contributed by atoms with Gasteiger partial charge in [0, 0.05) is 6.61 Å². The molecule has 4 nitrogen and oxygen atoms in total. The largest absolute Gasteiger partial charge is 0.372 e. The van der Waals surface area contributed by atoms with Crippen molar-refractivity contribution in [1.82, 2.24) is 5.32 Å². The molecule has 0 aromatic rings. The summed E-state index contributed by atoms with van der Waals surface area (Å²) in [5.41, 5.74) is -0.664. The van der Waals surface area contributed by atoms with Crippen LogP contribution in [0.15, 0.2) is 0 Å². The van der Waals surface area contributed by atoms with Crippen molar-refractivity contribution in [2.45, 2.75) is 57.9 Å². The van der Waals surface area contributed by atoms with Crippen LogP contribution in [-0.4, -0.2) is 24.7 Å². The Labute approximate surface area is 110 Å². The van der Waals surface area contributed by atoms with E-state index in [1.807, 2.05) is 0 Å². The van der Waals surface area contributed by atoms with E-state index in [1.54, 1.807) is 0 Å². The Morgan fingerprint density at radius 3 is 3.00 bits per heavy atom. The summed E-state index contributed by atoms with van der Waals surface area (Å²) in [6, 6.07) is 2.29. The first kappa shape index (κ1) is 15.0. The highest BCUT2D eigenvalue weighted by Gasteiger charge is 2.36. The second-order valence-electron chi connectivity index (χ2n) is 5.35. The van der Waals surface area contributed by atoms with Crippen molar-refractivity contribution in [2.24, 2.45) is 5.92 Å². The Morgan fingerprint density at radius 2 is 2.39 bits per heavy atom. The SMILES string of the molecule is CCCCOCC(=O)N[C@@]1(C#N)CCC[C@H](C)C1. The van der Waals surface area contributed by atoms with Gasteiger partial charge in [-0.05, 0) is 31.6 Å². The van der Waals surface area contributed by atoms with Crippen LogP contribution >= 0.6 is 0 Å². The summed E-state index contributed by atoms with van der Waals surface area (Å²) in [6.45, 7) is 4.89. The van der Waals surface area contributed by atoms with Crippen molar-refractivity contribution in [3.63, 3.8) is 0 Å². The monoisotopic (exact) mass is 252 g/mol. The van der Waals surface area contributed by atoms with Crippen molar-refractivity contribution in [3.05, 3.63) is 0 Å². The normalized spacial score (nSPS) is 27.5. The summed E-state index contributed by atoms with van der Waals surface area (Å²) in [5.74, 6) is 0.335. The van der Waals surface area contributed by atoms with Crippen LogP contribution in [0.2, 0.25) is 0 Å².